The third-order valence-electron chi connectivity index (χ3n) is 2.57. The van der Waals surface area contributed by atoms with Crippen LogP contribution in [0.4, 0.5) is 4.39 Å². The van der Waals surface area contributed by atoms with Crippen LogP contribution in [0.2, 0.25) is 0 Å². The summed E-state index contributed by atoms with van der Waals surface area (Å²) in [6.07, 6.45) is 0. The molecule has 17 heavy (non-hydrogen) atoms. The number of fused-ring (bicyclic) bond motifs is 1. The Kier molecular flexibility index (Phi) is 2.41. The van der Waals surface area contributed by atoms with Gasteiger partial charge in [-0.25, -0.2) is 9.37 Å². The smallest absolute Gasteiger partial charge is 0.124 e. The molecule has 1 radical (unpaired) electrons. The highest BCUT2D eigenvalue weighted by Gasteiger charge is 2.08. The van der Waals surface area contributed by atoms with Gasteiger partial charge in [-0.05, 0) is 30.7 Å². The van der Waals surface area contributed by atoms with E-state index < -0.39 is 0 Å². The number of hydrogen-bond acceptors (Lipinski definition) is 2. The van der Waals surface area contributed by atoms with Crippen LogP contribution >= 0.6 is 11.3 Å². The molecule has 0 aliphatic heterocycles. The second kappa shape index (κ2) is 3.93. The second-order valence-electron chi connectivity index (χ2n) is 3.79. The fourth-order valence-electron chi connectivity index (χ4n) is 1.75. The minimum absolute atomic E-state index is 0.239. The van der Waals surface area contributed by atoms with Gasteiger partial charge in [-0.15, -0.1) is 11.3 Å². The first-order valence-corrected chi connectivity index (χ1v) is 6.03. The average Bonchev–Trinajstić information content (AvgIpc) is 2.74. The van der Waals surface area contributed by atoms with Crippen molar-refractivity contribution in [1.29, 1.82) is 0 Å². The van der Waals surface area contributed by atoms with Crippen molar-refractivity contribution in [3.8, 4) is 10.6 Å². The molecule has 3 aromatic rings. The molecular formula is C14H9FNS. The summed E-state index contributed by atoms with van der Waals surface area (Å²) in [6, 6.07) is 12.4. The maximum Gasteiger partial charge on any atom is 0.124 e. The summed E-state index contributed by atoms with van der Waals surface area (Å²) < 4.78 is 14.2. The first-order chi connectivity index (χ1) is 8.24. The first-order valence-electron chi connectivity index (χ1n) is 5.21. The number of nitrogens with zero attached hydrogens (tertiary/aromatic N) is 1. The Balaban J connectivity index is 2.22. The van der Waals surface area contributed by atoms with Crippen molar-refractivity contribution in [3.63, 3.8) is 0 Å². The summed E-state index contributed by atoms with van der Waals surface area (Å²) in [5, 5.41) is 0.829. The van der Waals surface area contributed by atoms with Gasteiger partial charge in [0.25, 0.3) is 0 Å². The van der Waals surface area contributed by atoms with E-state index >= 15 is 0 Å². The lowest BCUT2D eigenvalue weighted by Gasteiger charge is -1.94. The van der Waals surface area contributed by atoms with Crippen LogP contribution < -0.4 is 0 Å². The quantitative estimate of drug-likeness (QED) is 0.620. The van der Waals surface area contributed by atoms with Gasteiger partial charge in [0, 0.05) is 5.56 Å². The van der Waals surface area contributed by atoms with Gasteiger partial charge in [0.2, 0.25) is 0 Å². The van der Waals surface area contributed by atoms with Crippen LogP contribution in [0.1, 0.15) is 5.56 Å². The number of benzene rings is 2. The van der Waals surface area contributed by atoms with Gasteiger partial charge in [0.15, 0.2) is 0 Å². The Morgan fingerprint density at radius 3 is 2.71 bits per heavy atom. The van der Waals surface area contributed by atoms with Gasteiger partial charge in [-0.3, -0.25) is 0 Å². The van der Waals surface area contributed by atoms with E-state index in [1.807, 2.05) is 24.3 Å². The molecular weight excluding hydrogens is 233 g/mol. The highest BCUT2D eigenvalue weighted by Crippen LogP contribution is 2.31. The predicted molar refractivity (Wildman–Crippen MR) is 69.5 cm³/mol. The molecule has 0 saturated carbocycles. The van der Waals surface area contributed by atoms with E-state index in [0.29, 0.717) is 0 Å². The molecule has 0 N–H and O–H groups in total. The average molecular weight is 242 g/mol. The van der Waals surface area contributed by atoms with Crippen molar-refractivity contribution in [2.24, 2.45) is 0 Å². The number of rotatable bonds is 1. The molecule has 0 unspecified atom stereocenters. The van der Waals surface area contributed by atoms with Gasteiger partial charge in [-0.2, -0.15) is 0 Å². The highest BCUT2D eigenvalue weighted by molar-refractivity contribution is 7.21. The molecule has 0 bridgehead atoms. The van der Waals surface area contributed by atoms with E-state index in [1.54, 1.807) is 17.4 Å². The second-order valence-corrected chi connectivity index (χ2v) is 4.82. The summed E-state index contributed by atoms with van der Waals surface area (Å²) in [4.78, 5) is 4.51. The molecule has 2 aromatic carbocycles. The van der Waals surface area contributed by atoms with Crippen LogP contribution in [0.15, 0.2) is 42.5 Å². The number of hydrogen-bond donors (Lipinski definition) is 0. The minimum Gasteiger partial charge on any atom is -0.236 e. The highest BCUT2D eigenvalue weighted by atomic mass is 32.1. The van der Waals surface area contributed by atoms with E-state index in [1.165, 1.54) is 12.1 Å². The molecule has 83 valence electrons. The van der Waals surface area contributed by atoms with Gasteiger partial charge in [-0.1, -0.05) is 24.3 Å². The molecule has 1 heterocycles. The lowest BCUT2D eigenvalue weighted by molar-refractivity contribution is 0.628. The van der Waals surface area contributed by atoms with Crippen molar-refractivity contribution in [3.05, 3.63) is 60.8 Å². The van der Waals surface area contributed by atoms with E-state index in [0.717, 1.165) is 26.4 Å². The molecule has 1 nitrogen and oxygen atoms in total. The van der Waals surface area contributed by atoms with Crippen LogP contribution in [0.25, 0.3) is 20.8 Å². The Labute approximate surface area is 103 Å². The largest absolute Gasteiger partial charge is 0.236 e. The maximum atomic E-state index is 13.2. The molecule has 0 aliphatic rings. The van der Waals surface area contributed by atoms with Crippen LogP contribution in [0.5, 0.6) is 0 Å². The number of aromatic nitrogens is 1. The van der Waals surface area contributed by atoms with Gasteiger partial charge in [0.1, 0.15) is 10.8 Å². The van der Waals surface area contributed by atoms with Crippen molar-refractivity contribution in [2.75, 3.05) is 0 Å². The molecule has 0 fully saturated rings. The fraction of sp³-hybridized carbons (Fsp3) is 0. The third-order valence-corrected chi connectivity index (χ3v) is 3.64. The van der Waals surface area contributed by atoms with Gasteiger partial charge < -0.3 is 0 Å². The summed E-state index contributed by atoms with van der Waals surface area (Å²) in [5.74, 6) is -0.239. The molecule has 0 saturated heterocycles. The zero-order chi connectivity index (χ0) is 11.8. The number of para-hydroxylation sites is 1. The lowest BCUT2D eigenvalue weighted by Crippen LogP contribution is -1.79. The van der Waals surface area contributed by atoms with Crippen LogP contribution in [0, 0.1) is 12.7 Å². The Hall–Kier alpha value is -1.74. The van der Waals surface area contributed by atoms with Crippen LogP contribution in [-0.4, -0.2) is 4.98 Å². The monoisotopic (exact) mass is 242 g/mol. The summed E-state index contributed by atoms with van der Waals surface area (Å²) >= 11 is 1.56. The zero-order valence-corrected chi connectivity index (χ0v) is 9.80. The van der Waals surface area contributed by atoms with Crippen molar-refractivity contribution in [2.45, 2.75) is 0 Å². The normalized spacial score (nSPS) is 10.9. The third kappa shape index (κ3) is 1.83. The van der Waals surface area contributed by atoms with E-state index in [9.17, 15) is 4.39 Å². The molecule has 0 atom stereocenters. The standard InChI is InChI=1S/C14H9FNS/c1-9-4-2-7-12-13(9)16-14(17-12)10-5-3-6-11(15)8-10/h2-8H,1H2. The maximum absolute atomic E-state index is 13.2. The fourth-order valence-corrected chi connectivity index (χ4v) is 2.76. The molecule has 0 aliphatic carbocycles. The molecule has 3 rings (SSSR count). The minimum atomic E-state index is -0.239. The van der Waals surface area contributed by atoms with E-state index in [2.05, 4.69) is 11.9 Å². The molecule has 3 heteroatoms. The van der Waals surface area contributed by atoms with Crippen LogP contribution in [-0.2, 0) is 0 Å². The lowest BCUT2D eigenvalue weighted by atomic mass is 10.2. The summed E-state index contributed by atoms with van der Waals surface area (Å²) in [6.45, 7) is 3.94. The van der Waals surface area contributed by atoms with Crippen molar-refractivity contribution < 1.29 is 4.39 Å². The van der Waals surface area contributed by atoms with Crippen LogP contribution in [0.3, 0.4) is 0 Å². The molecule has 1 aromatic heterocycles. The zero-order valence-electron chi connectivity index (χ0n) is 8.98. The van der Waals surface area contributed by atoms with Gasteiger partial charge in [0.05, 0.1) is 10.2 Å². The number of halogens is 1. The first kappa shape index (κ1) is 10.4. The van der Waals surface area contributed by atoms with Gasteiger partial charge >= 0.3 is 0 Å². The molecule has 0 amide bonds. The van der Waals surface area contributed by atoms with Crippen molar-refractivity contribution >= 4 is 21.6 Å². The van der Waals surface area contributed by atoms with E-state index in [-0.39, 0.29) is 5.82 Å². The predicted octanol–water partition coefficient (Wildman–Crippen LogP) is 4.28. The van der Waals surface area contributed by atoms with E-state index in [4.69, 9.17) is 0 Å². The Morgan fingerprint density at radius 2 is 1.94 bits per heavy atom. The topological polar surface area (TPSA) is 12.9 Å². The number of thiazole rings is 1. The van der Waals surface area contributed by atoms with Crippen molar-refractivity contribution in [1.82, 2.24) is 4.98 Å². The SMILES string of the molecule is [CH2]c1cccc2sc(-c3cccc(F)c3)nc12. The Morgan fingerprint density at radius 1 is 1.12 bits per heavy atom. The molecule has 0 spiro atoms. The summed E-state index contributed by atoms with van der Waals surface area (Å²) in [5.41, 5.74) is 2.61. The Bertz CT molecular complexity index is 688. The summed E-state index contributed by atoms with van der Waals surface area (Å²) in [7, 11) is 0.